The lowest BCUT2D eigenvalue weighted by molar-refractivity contribution is -0.116. The normalized spacial score (nSPS) is 10.9. The third-order valence-corrected chi connectivity index (χ3v) is 5.70. The number of ketones is 1. The van der Waals surface area contributed by atoms with Crippen molar-refractivity contribution in [3.8, 4) is 0 Å². The number of carbonyl (C=O) groups is 3. The minimum absolute atomic E-state index is 0.0531. The lowest BCUT2D eigenvalue weighted by atomic mass is 10.1. The molecule has 178 valence electrons. The first kappa shape index (κ1) is 22.7. The van der Waals surface area contributed by atoms with Crippen molar-refractivity contribution in [2.45, 2.75) is 13.5 Å². The van der Waals surface area contributed by atoms with Gasteiger partial charge >= 0.3 is 0 Å². The van der Waals surface area contributed by atoms with Gasteiger partial charge in [-0.05, 0) is 67.6 Å². The molecule has 5 aromatic rings. The van der Waals surface area contributed by atoms with Gasteiger partial charge in [0.2, 0.25) is 11.6 Å². The average molecular weight is 480 g/mol. The van der Waals surface area contributed by atoms with Crippen molar-refractivity contribution in [1.29, 1.82) is 0 Å². The maximum Gasteiger partial charge on any atom is 0.297 e. The Morgan fingerprint density at radius 3 is 2.08 bits per heavy atom. The van der Waals surface area contributed by atoms with Crippen LogP contribution in [0.25, 0.3) is 16.7 Å². The molecule has 2 heterocycles. The van der Waals surface area contributed by atoms with Crippen molar-refractivity contribution in [3.05, 3.63) is 101 Å². The number of hydrogen-bond donors (Lipinski definition) is 2. The van der Waals surface area contributed by atoms with E-state index < -0.39 is 11.5 Å². The maximum atomic E-state index is 12.9. The smallest absolute Gasteiger partial charge is 0.297 e. The first-order valence-electron chi connectivity index (χ1n) is 11.0. The lowest BCUT2D eigenvalue weighted by Crippen LogP contribution is -2.29. The standard InChI is InChI=1S/C26H20N6O4/c1-16(33)17-6-10-20(11-7-17)29-25(35)18-8-12-19(13-9-18)28-23(34)14-31-21-4-2-3-5-22(21)32-15-27-30-24(32)26(31)36/h2-13,15H,14H2,1H3,(H,28,34)(H,29,35). The highest BCUT2D eigenvalue weighted by Crippen LogP contribution is 2.16. The van der Waals surface area contributed by atoms with Gasteiger partial charge in [-0.2, -0.15) is 0 Å². The molecule has 0 radical (unpaired) electrons. The second-order valence-electron chi connectivity index (χ2n) is 8.12. The summed E-state index contributed by atoms with van der Waals surface area (Å²) in [6.45, 7) is 1.26. The molecule has 2 N–H and O–H groups in total. The van der Waals surface area contributed by atoms with Gasteiger partial charge in [-0.1, -0.05) is 12.1 Å². The number of amides is 2. The van der Waals surface area contributed by atoms with Crippen molar-refractivity contribution in [2.75, 3.05) is 10.6 Å². The molecule has 2 amide bonds. The zero-order chi connectivity index (χ0) is 25.2. The molecule has 0 bridgehead atoms. The molecule has 0 saturated carbocycles. The van der Waals surface area contributed by atoms with Crippen molar-refractivity contribution in [2.24, 2.45) is 0 Å². The van der Waals surface area contributed by atoms with Crippen LogP contribution in [-0.2, 0) is 11.3 Å². The topological polar surface area (TPSA) is 127 Å². The maximum absolute atomic E-state index is 12.9. The van der Waals surface area contributed by atoms with Crippen LogP contribution in [0.2, 0.25) is 0 Å². The number of Topliss-reactive ketones (excluding diaryl/α,β-unsaturated/α-hetero) is 1. The van der Waals surface area contributed by atoms with E-state index >= 15 is 0 Å². The van der Waals surface area contributed by atoms with E-state index in [-0.39, 0.29) is 23.9 Å². The molecule has 0 spiro atoms. The van der Waals surface area contributed by atoms with Crippen LogP contribution in [0.5, 0.6) is 0 Å². The van der Waals surface area contributed by atoms with E-state index in [1.165, 1.54) is 17.8 Å². The summed E-state index contributed by atoms with van der Waals surface area (Å²) in [5.74, 6) is -0.792. The number of carbonyl (C=O) groups excluding carboxylic acids is 3. The first-order chi connectivity index (χ1) is 17.4. The molecule has 36 heavy (non-hydrogen) atoms. The summed E-state index contributed by atoms with van der Waals surface area (Å²) >= 11 is 0. The fourth-order valence-electron chi connectivity index (χ4n) is 3.88. The second kappa shape index (κ2) is 9.26. The fourth-order valence-corrected chi connectivity index (χ4v) is 3.88. The molecule has 0 atom stereocenters. The van der Waals surface area contributed by atoms with Gasteiger partial charge in [-0.25, -0.2) is 0 Å². The van der Waals surface area contributed by atoms with Gasteiger partial charge in [0.25, 0.3) is 11.5 Å². The number of nitrogens with zero attached hydrogens (tertiary/aromatic N) is 4. The van der Waals surface area contributed by atoms with Crippen LogP contribution in [0.4, 0.5) is 11.4 Å². The molecule has 2 aromatic heterocycles. The van der Waals surface area contributed by atoms with Crippen molar-refractivity contribution in [1.82, 2.24) is 19.2 Å². The molecule has 10 heteroatoms. The van der Waals surface area contributed by atoms with Gasteiger partial charge in [-0.15, -0.1) is 10.2 Å². The number of anilines is 2. The quantitative estimate of drug-likeness (QED) is 0.360. The SMILES string of the molecule is CC(=O)c1ccc(NC(=O)c2ccc(NC(=O)Cn3c(=O)c4nncn4c4ccccc43)cc2)cc1. The van der Waals surface area contributed by atoms with E-state index in [1.54, 1.807) is 65.1 Å². The van der Waals surface area contributed by atoms with E-state index in [0.717, 1.165) is 0 Å². The van der Waals surface area contributed by atoms with E-state index in [4.69, 9.17) is 0 Å². The van der Waals surface area contributed by atoms with E-state index in [2.05, 4.69) is 20.8 Å². The van der Waals surface area contributed by atoms with Gasteiger partial charge in [0.1, 0.15) is 12.9 Å². The Labute approximate surface area is 204 Å². The monoisotopic (exact) mass is 480 g/mol. The summed E-state index contributed by atoms with van der Waals surface area (Å²) in [6.07, 6.45) is 1.46. The molecule has 0 aliphatic rings. The molecule has 10 nitrogen and oxygen atoms in total. The lowest BCUT2D eigenvalue weighted by Gasteiger charge is -2.12. The Balaban J connectivity index is 1.29. The second-order valence-corrected chi connectivity index (χ2v) is 8.12. The van der Waals surface area contributed by atoms with Gasteiger partial charge in [0, 0.05) is 22.5 Å². The number of hydrogen-bond acceptors (Lipinski definition) is 6. The third-order valence-electron chi connectivity index (χ3n) is 5.70. The van der Waals surface area contributed by atoms with Crippen molar-refractivity contribution in [3.63, 3.8) is 0 Å². The number of aromatic nitrogens is 4. The van der Waals surface area contributed by atoms with Crippen LogP contribution >= 0.6 is 0 Å². The van der Waals surface area contributed by atoms with Crippen LogP contribution in [0.15, 0.2) is 83.9 Å². The first-order valence-corrected chi connectivity index (χ1v) is 11.0. The van der Waals surface area contributed by atoms with Crippen molar-refractivity contribution >= 4 is 45.7 Å². The highest BCUT2D eigenvalue weighted by Gasteiger charge is 2.15. The van der Waals surface area contributed by atoms with Crippen LogP contribution in [0.3, 0.4) is 0 Å². The average Bonchev–Trinajstić information content (AvgIpc) is 3.38. The summed E-state index contributed by atoms with van der Waals surface area (Å²) < 4.78 is 2.95. The number of para-hydroxylation sites is 2. The molecule has 0 aliphatic heterocycles. The van der Waals surface area contributed by atoms with Crippen LogP contribution in [0.1, 0.15) is 27.6 Å². The zero-order valence-corrected chi connectivity index (χ0v) is 19.1. The highest BCUT2D eigenvalue weighted by atomic mass is 16.2. The van der Waals surface area contributed by atoms with E-state index in [0.29, 0.717) is 33.5 Å². The largest absolute Gasteiger partial charge is 0.325 e. The number of rotatable bonds is 6. The Bertz CT molecular complexity index is 1680. The molecular weight excluding hydrogens is 460 g/mol. The third kappa shape index (κ3) is 4.34. The van der Waals surface area contributed by atoms with E-state index in [1.807, 2.05) is 12.1 Å². The van der Waals surface area contributed by atoms with Crippen LogP contribution in [0, 0.1) is 0 Å². The van der Waals surface area contributed by atoms with Gasteiger partial charge in [0.05, 0.1) is 11.0 Å². The Morgan fingerprint density at radius 1 is 0.806 bits per heavy atom. The van der Waals surface area contributed by atoms with Crippen LogP contribution in [-0.4, -0.2) is 36.8 Å². The summed E-state index contributed by atoms with van der Waals surface area (Å²) in [5.41, 5.74) is 2.97. The summed E-state index contributed by atoms with van der Waals surface area (Å²) in [4.78, 5) is 49.6. The van der Waals surface area contributed by atoms with Gasteiger partial charge in [-0.3, -0.25) is 28.1 Å². The number of nitrogens with one attached hydrogen (secondary N) is 2. The highest BCUT2D eigenvalue weighted by molar-refractivity contribution is 6.05. The minimum atomic E-state index is -0.426. The predicted molar refractivity (Wildman–Crippen MR) is 134 cm³/mol. The molecule has 0 fully saturated rings. The van der Waals surface area contributed by atoms with Gasteiger partial charge < -0.3 is 10.6 Å². The Kier molecular flexibility index (Phi) is 5.83. The summed E-state index contributed by atoms with van der Waals surface area (Å²) in [5, 5.41) is 13.2. The van der Waals surface area contributed by atoms with Crippen molar-refractivity contribution < 1.29 is 14.4 Å². The minimum Gasteiger partial charge on any atom is -0.325 e. The molecule has 3 aromatic carbocycles. The fraction of sp³-hybridized carbons (Fsp3) is 0.0769. The predicted octanol–water partition coefficient (Wildman–Crippen LogP) is 3.14. The Morgan fingerprint density at radius 2 is 1.42 bits per heavy atom. The zero-order valence-electron chi connectivity index (χ0n) is 19.1. The van der Waals surface area contributed by atoms with E-state index in [9.17, 15) is 19.2 Å². The molecule has 0 saturated heterocycles. The number of fused-ring (bicyclic) bond motifs is 3. The molecule has 0 unspecified atom stereocenters. The molecule has 0 aliphatic carbocycles. The van der Waals surface area contributed by atoms with Gasteiger partial charge in [0.15, 0.2) is 5.78 Å². The molecular formula is C26H20N6O4. The van der Waals surface area contributed by atoms with Crippen LogP contribution < -0.4 is 16.2 Å². The summed E-state index contributed by atoms with van der Waals surface area (Å²) in [7, 11) is 0. The number of benzene rings is 3. The molecule has 5 rings (SSSR count). The summed E-state index contributed by atoms with van der Waals surface area (Å²) in [6, 6.07) is 20.2. The Hall–Kier alpha value is -5.12.